The van der Waals surface area contributed by atoms with E-state index in [1.54, 1.807) is 24.3 Å². The first-order valence-electron chi connectivity index (χ1n) is 7.83. The van der Waals surface area contributed by atoms with Gasteiger partial charge in [0.1, 0.15) is 11.5 Å². The third kappa shape index (κ3) is 3.19. The number of imidazole rings is 1. The van der Waals surface area contributed by atoms with Gasteiger partial charge in [0.25, 0.3) is 0 Å². The van der Waals surface area contributed by atoms with Crippen LogP contribution in [0.2, 0.25) is 0 Å². The van der Waals surface area contributed by atoms with E-state index in [0.717, 1.165) is 5.56 Å². The third-order valence-corrected chi connectivity index (χ3v) is 3.93. The van der Waals surface area contributed by atoms with Crippen LogP contribution in [0, 0.1) is 0 Å². The minimum atomic E-state index is -0.238. The molecule has 0 saturated carbocycles. The number of benzene rings is 2. The molecule has 0 radical (unpaired) electrons. The average molecular weight is 353 g/mol. The number of rotatable bonds is 6. The molecule has 0 aliphatic heterocycles. The lowest BCUT2D eigenvalue weighted by Crippen LogP contribution is -2.04. The first-order chi connectivity index (χ1) is 12.6. The Morgan fingerprint density at radius 2 is 1.62 bits per heavy atom. The second-order valence-corrected chi connectivity index (χ2v) is 5.51. The van der Waals surface area contributed by atoms with E-state index in [1.165, 1.54) is 27.5 Å². The van der Waals surface area contributed by atoms with Crippen LogP contribution in [0.3, 0.4) is 0 Å². The predicted molar refractivity (Wildman–Crippen MR) is 98.0 cm³/mol. The summed E-state index contributed by atoms with van der Waals surface area (Å²) in [6.45, 7) is 0. The topological polar surface area (TPSA) is 99.5 Å². The number of methoxy groups -OCH3 is 3. The van der Waals surface area contributed by atoms with E-state index in [2.05, 4.69) is 9.97 Å². The Bertz CT molecular complexity index is 907. The molecule has 0 aliphatic carbocycles. The highest BCUT2D eigenvalue weighted by Crippen LogP contribution is 2.38. The SMILES string of the molecule is COc1cc(C(=O)c2cnc(-c3ccc(N)cc3)[nH]2)cc(OC)c1OC. The van der Waals surface area contributed by atoms with Crippen molar-refractivity contribution in [3.05, 3.63) is 53.9 Å². The molecule has 134 valence electrons. The van der Waals surface area contributed by atoms with Crippen LogP contribution >= 0.6 is 0 Å². The van der Waals surface area contributed by atoms with E-state index in [-0.39, 0.29) is 5.78 Å². The van der Waals surface area contributed by atoms with Gasteiger partial charge in [0.2, 0.25) is 11.5 Å². The number of nitrogens with one attached hydrogen (secondary N) is 1. The summed E-state index contributed by atoms with van der Waals surface area (Å²) in [6, 6.07) is 10.4. The minimum Gasteiger partial charge on any atom is -0.493 e. The maximum Gasteiger partial charge on any atom is 0.211 e. The Morgan fingerprint density at radius 1 is 1.00 bits per heavy atom. The minimum absolute atomic E-state index is 0.238. The molecule has 1 aromatic heterocycles. The van der Waals surface area contributed by atoms with Crippen molar-refractivity contribution in [2.75, 3.05) is 27.1 Å². The van der Waals surface area contributed by atoms with Crippen LogP contribution in [0.1, 0.15) is 16.1 Å². The van der Waals surface area contributed by atoms with Gasteiger partial charge in [0, 0.05) is 16.8 Å². The Morgan fingerprint density at radius 3 is 2.15 bits per heavy atom. The van der Waals surface area contributed by atoms with Crippen LogP contribution in [0.25, 0.3) is 11.4 Å². The average Bonchev–Trinajstić information content (AvgIpc) is 3.16. The zero-order valence-corrected chi connectivity index (χ0v) is 14.7. The molecule has 1 heterocycles. The fourth-order valence-corrected chi connectivity index (χ4v) is 2.59. The first-order valence-corrected chi connectivity index (χ1v) is 7.83. The highest BCUT2D eigenvalue weighted by Gasteiger charge is 2.19. The van der Waals surface area contributed by atoms with Gasteiger partial charge in [-0.1, -0.05) is 0 Å². The van der Waals surface area contributed by atoms with Gasteiger partial charge in [-0.25, -0.2) is 4.98 Å². The fraction of sp³-hybridized carbons (Fsp3) is 0.158. The second-order valence-electron chi connectivity index (χ2n) is 5.51. The molecule has 0 bridgehead atoms. The number of H-pyrrole nitrogens is 1. The molecule has 0 atom stereocenters. The standard InChI is InChI=1S/C19H19N3O4/c1-24-15-8-12(9-16(25-2)18(15)26-3)17(23)14-10-21-19(22-14)11-4-6-13(20)7-5-11/h4-10H,20H2,1-3H3,(H,21,22). The van der Waals surface area contributed by atoms with Gasteiger partial charge >= 0.3 is 0 Å². The molecular weight excluding hydrogens is 334 g/mol. The summed E-state index contributed by atoms with van der Waals surface area (Å²) in [6.07, 6.45) is 1.50. The number of hydrogen-bond donors (Lipinski definition) is 2. The van der Waals surface area contributed by atoms with Crippen molar-refractivity contribution < 1.29 is 19.0 Å². The summed E-state index contributed by atoms with van der Waals surface area (Å²) in [7, 11) is 4.51. The molecule has 0 aliphatic rings. The van der Waals surface area contributed by atoms with Crippen molar-refractivity contribution in [1.82, 2.24) is 9.97 Å². The predicted octanol–water partition coefficient (Wildman–Crippen LogP) is 2.92. The van der Waals surface area contributed by atoms with Gasteiger partial charge in [-0.2, -0.15) is 0 Å². The molecule has 7 nitrogen and oxygen atoms in total. The van der Waals surface area contributed by atoms with Crippen molar-refractivity contribution >= 4 is 11.5 Å². The molecule has 0 saturated heterocycles. The molecule has 3 aromatic rings. The number of anilines is 1. The van der Waals surface area contributed by atoms with Crippen LogP contribution in [-0.2, 0) is 0 Å². The third-order valence-electron chi connectivity index (χ3n) is 3.93. The Labute approximate surface area is 150 Å². The quantitative estimate of drug-likeness (QED) is 0.522. The highest BCUT2D eigenvalue weighted by molar-refractivity contribution is 6.08. The van der Waals surface area contributed by atoms with Gasteiger partial charge in [0.05, 0.1) is 27.5 Å². The lowest BCUT2D eigenvalue weighted by Gasteiger charge is -2.13. The summed E-state index contributed by atoms with van der Waals surface area (Å²) in [4.78, 5) is 20.2. The summed E-state index contributed by atoms with van der Waals surface area (Å²) < 4.78 is 15.9. The number of hydrogen-bond acceptors (Lipinski definition) is 6. The maximum absolute atomic E-state index is 12.8. The maximum atomic E-state index is 12.8. The Kier molecular flexibility index (Phi) is 4.79. The molecule has 2 aromatic carbocycles. The zero-order valence-electron chi connectivity index (χ0n) is 14.7. The highest BCUT2D eigenvalue weighted by atomic mass is 16.5. The lowest BCUT2D eigenvalue weighted by atomic mass is 10.1. The fourth-order valence-electron chi connectivity index (χ4n) is 2.59. The lowest BCUT2D eigenvalue weighted by molar-refractivity contribution is 0.103. The largest absolute Gasteiger partial charge is 0.493 e. The van der Waals surface area contributed by atoms with Gasteiger partial charge in [-0.3, -0.25) is 4.79 Å². The van der Waals surface area contributed by atoms with E-state index in [1.807, 2.05) is 12.1 Å². The van der Waals surface area contributed by atoms with E-state index in [4.69, 9.17) is 19.9 Å². The van der Waals surface area contributed by atoms with Crippen LogP contribution in [-0.4, -0.2) is 37.1 Å². The molecule has 0 amide bonds. The molecule has 7 heteroatoms. The smallest absolute Gasteiger partial charge is 0.211 e. The normalized spacial score (nSPS) is 10.4. The molecular formula is C19H19N3O4. The van der Waals surface area contributed by atoms with Gasteiger partial charge in [-0.15, -0.1) is 0 Å². The number of aromatic amines is 1. The number of nitrogens with zero attached hydrogens (tertiary/aromatic N) is 1. The van der Waals surface area contributed by atoms with Crippen molar-refractivity contribution in [3.63, 3.8) is 0 Å². The van der Waals surface area contributed by atoms with E-state index in [0.29, 0.717) is 40.0 Å². The monoisotopic (exact) mass is 353 g/mol. The number of nitrogens with two attached hydrogens (primary N) is 1. The number of aromatic nitrogens is 2. The van der Waals surface area contributed by atoms with Gasteiger partial charge in [0.15, 0.2) is 11.5 Å². The molecule has 0 fully saturated rings. The van der Waals surface area contributed by atoms with E-state index < -0.39 is 0 Å². The van der Waals surface area contributed by atoms with Gasteiger partial charge in [-0.05, 0) is 36.4 Å². The van der Waals surface area contributed by atoms with Crippen molar-refractivity contribution in [1.29, 1.82) is 0 Å². The van der Waals surface area contributed by atoms with Gasteiger partial charge < -0.3 is 24.9 Å². The molecule has 0 unspecified atom stereocenters. The van der Waals surface area contributed by atoms with E-state index in [9.17, 15) is 4.79 Å². The molecule has 3 rings (SSSR count). The second kappa shape index (κ2) is 7.18. The van der Waals surface area contributed by atoms with E-state index >= 15 is 0 Å². The summed E-state index contributed by atoms with van der Waals surface area (Å²) in [5, 5.41) is 0. The summed E-state index contributed by atoms with van der Waals surface area (Å²) in [5.41, 5.74) is 7.94. The molecule has 3 N–H and O–H groups in total. The molecule has 26 heavy (non-hydrogen) atoms. The number of ketones is 1. The van der Waals surface area contributed by atoms with Crippen LogP contribution < -0.4 is 19.9 Å². The zero-order chi connectivity index (χ0) is 18.7. The Balaban J connectivity index is 1.96. The number of carbonyl (C=O) groups is 1. The van der Waals surface area contributed by atoms with Crippen molar-refractivity contribution in [2.45, 2.75) is 0 Å². The van der Waals surface area contributed by atoms with Crippen LogP contribution in [0.15, 0.2) is 42.6 Å². The first kappa shape index (κ1) is 17.3. The Hall–Kier alpha value is -3.48. The van der Waals surface area contributed by atoms with Crippen molar-refractivity contribution in [2.24, 2.45) is 0 Å². The number of nitrogen functional groups attached to an aromatic ring is 1. The number of ether oxygens (including phenoxy) is 3. The van der Waals surface area contributed by atoms with Crippen LogP contribution in [0.4, 0.5) is 5.69 Å². The summed E-state index contributed by atoms with van der Waals surface area (Å²) in [5.74, 6) is 1.60. The summed E-state index contributed by atoms with van der Waals surface area (Å²) >= 11 is 0. The number of carbonyl (C=O) groups excluding carboxylic acids is 1. The van der Waals surface area contributed by atoms with Crippen LogP contribution in [0.5, 0.6) is 17.2 Å². The molecule has 0 spiro atoms. The van der Waals surface area contributed by atoms with Crippen molar-refractivity contribution in [3.8, 4) is 28.6 Å².